The fraction of sp³-hybridized carbons (Fsp3) is 0.357. The van der Waals surface area contributed by atoms with E-state index in [-0.39, 0.29) is 5.97 Å². The lowest BCUT2D eigenvalue weighted by Crippen LogP contribution is -2.35. The zero-order valence-electron chi connectivity index (χ0n) is 9.32. The minimum atomic E-state index is -0.474. The molecule has 1 saturated heterocycles. The molecule has 16 heavy (non-hydrogen) atoms. The second-order valence-electron chi connectivity index (χ2n) is 4.18. The summed E-state index contributed by atoms with van der Waals surface area (Å²) in [6, 6.07) is 9.95. The topological polar surface area (TPSA) is 26.3 Å². The van der Waals surface area contributed by atoms with Gasteiger partial charge in [0, 0.05) is 12.8 Å². The van der Waals surface area contributed by atoms with Crippen LogP contribution in [-0.2, 0) is 15.1 Å². The third kappa shape index (κ3) is 2.01. The molecule has 2 rings (SSSR count). The predicted octanol–water partition coefficient (Wildman–Crippen LogP) is 3.19. The molecule has 1 aliphatic heterocycles. The minimum absolute atomic E-state index is 0.100. The van der Waals surface area contributed by atoms with Crippen LogP contribution < -0.4 is 0 Å². The van der Waals surface area contributed by atoms with Crippen LogP contribution in [0.1, 0.15) is 31.2 Å². The van der Waals surface area contributed by atoms with Crippen molar-refractivity contribution in [1.82, 2.24) is 0 Å². The first-order valence-corrected chi connectivity index (χ1v) is 5.65. The van der Waals surface area contributed by atoms with Gasteiger partial charge in [-0.05, 0) is 18.4 Å². The zero-order valence-corrected chi connectivity index (χ0v) is 9.32. The average Bonchev–Trinajstić information content (AvgIpc) is 2.31. The number of rotatable bonds is 3. The van der Waals surface area contributed by atoms with Gasteiger partial charge in [0.05, 0.1) is 0 Å². The van der Waals surface area contributed by atoms with Crippen LogP contribution in [0.4, 0.5) is 0 Å². The number of carbonyl (C=O) groups is 1. The average molecular weight is 216 g/mol. The van der Waals surface area contributed by atoms with Gasteiger partial charge in [-0.2, -0.15) is 0 Å². The first-order chi connectivity index (χ1) is 7.77. The Labute approximate surface area is 95.9 Å². The molecule has 2 nitrogen and oxygen atoms in total. The van der Waals surface area contributed by atoms with Crippen LogP contribution in [0.25, 0.3) is 0 Å². The van der Waals surface area contributed by atoms with E-state index in [9.17, 15) is 4.79 Å². The SMILES string of the molecule is C=CCC1(c2ccccc2)CCCC(=O)O1. The quantitative estimate of drug-likeness (QED) is 0.573. The first kappa shape index (κ1) is 10.9. The minimum Gasteiger partial charge on any atom is -0.454 e. The van der Waals surface area contributed by atoms with E-state index in [1.54, 1.807) is 0 Å². The lowest BCUT2D eigenvalue weighted by atomic mass is 9.83. The summed E-state index contributed by atoms with van der Waals surface area (Å²) in [4.78, 5) is 11.5. The van der Waals surface area contributed by atoms with Gasteiger partial charge >= 0.3 is 5.97 Å². The van der Waals surface area contributed by atoms with Gasteiger partial charge in [-0.25, -0.2) is 0 Å². The van der Waals surface area contributed by atoms with Gasteiger partial charge in [0.1, 0.15) is 5.60 Å². The molecule has 0 bridgehead atoms. The summed E-state index contributed by atoms with van der Waals surface area (Å²) < 4.78 is 5.59. The maximum atomic E-state index is 11.5. The Balaban J connectivity index is 2.34. The van der Waals surface area contributed by atoms with Gasteiger partial charge in [-0.3, -0.25) is 4.79 Å². The highest BCUT2D eigenvalue weighted by Crippen LogP contribution is 2.38. The van der Waals surface area contributed by atoms with Crippen molar-refractivity contribution in [2.75, 3.05) is 0 Å². The molecule has 1 aliphatic rings. The molecule has 0 amide bonds. The number of ether oxygens (including phenoxy) is 1. The van der Waals surface area contributed by atoms with Crippen LogP contribution in [-0.4, -0.2) is 5.97 Å². The number of benzene rings is 1. The summed E-state index contributed by atoms with van der Waals surface area (Å²) in [5.41, 5.74) is 0.598. The highest BCUT2D eigenvalue weighted by Gasteiger charge is 2.37. The van der Waals surface area contributed by atoms with Gasteiger partial charge in [-0.1, -0.05) is 36.4 Å². The van der Waals surface area contributed by atoms with E-state index in [0.717, 1.165) is 18.4 Å². The fourth-order valence-electron chi connectivity index (χ4n) is 2.28. The normalized spacial score (nSPS) is 24.9. The van der Waals surface area contributed by atoms with Crippen molar-refractivity contribution < 1.29 is 9.53 Å². The Morgan fingerprint density at radius 1 is 1.38 bits per heavy atom. The van der Waals surface area contributed by atoms with Crippen molar-refractivity contribution in [2.24, 2.45) is 0 Å². The summed E-state index contributed by atoms with van der Waals surface area (Å²) in [7, 11) is 0. The third-order valence-electron chi connectivity index (χ3n) is 3.04. The summed E-state index contributed by atoms with van der Waals surface area (Å²) in [5.74, 6) is -0.100. The van der Waals surface area contributed by atoms with Gasteiger partial charge < -0.3 is 4.74 Å². The van der Waals surface area contributed by atoms with Crippen molar-refractivity contribution in [3.63, 3.8) is 0 Å². The van der Waals surface area contributed by atoms with E-state index in [1.165, 1.54) is 0 Å². The number of hydrogen-bond donors (Lipinski definition) is 0. The molecule has 1 aromatic rings. The molecule has 1 fully saturated rings. The van der Waals surface area contributed by atoms with Crippen LogP contribution in [0.2, 0.25) is 0 Å². The van der Waals surface area contributed by atoms with Gasteiger partial charge in [0.15, 0.2) is 0 Å². The molecule has 0 N–H and O–H groups in total. The van der Waals surface area contributed by atoms with Crippen LogP contribution in [0.3, 0.4) is 0 Å². The van der Waals surface area contributed by atoms with E-state index in [2.05, 4.69) is 6.58 Å². The third-order valence-corrected chi connectivity index (χ3v) is 3.04. The Hall–Kier alpha value is -1.57. The summed E-state index contributed by atoms with van der Waals surface area (Å²) >= 11 is 0. The smallest absolute Gasteiger partial charge is 0.306 e. The highest BCUT2D eigenvalue weighted by molar-refractivity contribution is 5.71. The highest BCUT2D eigenvalue weighted by atomic mass is 16.6. The molecular formula is C14H16O2. The zero-order chi connectivity index (χ0) is 11.4. The van der Waals surface area contributed by atoms with Crippen LogP contribution >= 0.6 is 0 Å². The number of carbonyl (C=O) groups excluding carboxylic acids is 1. The summed E-state index contributed by atoms with van der Waals surface area (Å²) in [6.45, 7) is 3.76. The van der Waals surface area contributed by atoms with Gasteiger partial charge in [0.25, 0.3) is 0 Å². The van der Waals surface area contributed by atoms with E-state index in [0.29, 0.717) is 12.8 Å². The van der Waals surface area contributed by atoms with Crippen LogP contribution in [0.5, 0.6) is 0 Å². The van der Waals surface area contributed by atoms with Crippen LogP contribution in [0, 0.1) is 0 Å². The molecule has 1 aromatic carbocycles. The van der Waals surface area contributed by atoms with Gasteiger partial charge in [-0.15, -0.1) is 6.58 Å². The molecule has 0 aromatic heterocycles. The molecular weight excluding hydrogens is 200 g/mol. The molecule has 2 heteroatoms. The number of esters is 1. The van der Waals surface area contributed by atoms with Crippen molar-refractivity contribution in [1.29, 1.82) is 0 Å². The van der Waals surface area contributed by atoms with E-state index in [1.807, 2.05) is 36.4 Å². The molecule has 1 unspecified atom stereocenters. The van der Waals surface area contributed by atoms with Crippen LogP contribution in [0.15, 0.2) is 43.0 Å². The molecule has 0 radical (unpaired) electrons. The lowest BCUT2D eigenvalue weighted by Gasteiger charge is -2.36. The summed E-state index contributed by atoms with van der Waals surface area (Å²) in [6.07, 6.45) is 4.82. The lowest BCUT2D eigenvalue weighted by molar-refractivity contribution is -0.168. The fourth-order valence-corrected chi connectivity index (χ4v) is 2.28. The molecule has 1 atom stereocenters. The Kier molecular flexibility index (Phi) is 3.09. The second kappa shape index (κ2) is 4.52. The Morgan fingerprint density at radius 2 is 2.12 bits per heavy atom. The standard InChI is InChI=1S/C14H16O2/c1-2-10-14(11-6-9-13(15)16-14)12-7-4-3-5-8-12/h2-5,7-8H,1,6,9-11H2. The van der Waals surface area contributed by atoms with E-state index in [4.69, 9.17) is 4.74 Å². The monoisotopic (exact) mass is 216 g/mol. The van der Waals surface area contributed by atoms with Crippen molar-refractivity contribution in [2.45, 2.75) is 31.3 Å². The molecule has 1 heterocycles. The molecule has 0 saturated carbocycles. The van der Waals surface area contributed by atoms with Crippen molar-refractivity contribution in [3.05, 3.63) is 48.6 Å². The number of hydrogen-bond acceptors (Lipinski definition) is 2. The van der Waals surface area contributed by atoms with Gasteiger partial charge in [0.2, 0.25) is 0 Å². The van der Waals surface area contributed by atoms with Crippen molar-refractivity contribution >= 4 is 5.97 Å². The summed E-state index contributed by atoms with van der Waals surface area (Å²) in [5, 5.41) is 0. The Morgan fingerprint density at radius 3 is 2.75 bits per heavy atom. The number of cyclic esters (lactones) is 1. The molecule has 0 spiro atoms. The predicted molar refractivity (Wildman–Crippen MR) is 62.9 cm³/mol. The second-order valence-corrected chi connectivity index (χ2v) is 4.18. The Bertz CT molecular complexity index is 383. The van der Waals surface area contributed by atoms with Crippen molar-refractivity contribution in [3.8, 4) is 0 Å². The molecule has 0 aliphatic carbocycles. The van der Waals surface area contributed by atoms with E-state index >= 15 is 0 Å². The maximum Gasteiger partial charge on any atom is 0.306 e. The maximum absolute atomic E-state index is 11.5. The molecule has 84 valence electrons. The van der Waals surface area contributed by atoms with E-state index < -0.39 is 5.60 Å². The largest absolute Gasteiger partial charge is 0.454 e. The first-order valence-electron chi connectivity index (χ1n) is 5.65.